The van der Waals surface area contributed by atoms with Gasteiger partial charge in [-0.1, -0.05) is 5.04 Å². The monoisotopic (exact) mass is 235 g/mol. The van der Waals surface area contributed by atoms with Crippen LogP contribution >= 0.6 is 12.2 Å². The van der Waals surface area contributed by atoms with Gasteiger partial charge in [0.2, 0.25) is 0 Å². The molecule has 80 valence electrons. The Morgan fingerprint density at radius 3 is 2.69 bits per heavy atom. The highest BCUT2D eigenvalue weighted by atomic mass is 32.3. The molecule has 0 aliphatic heterocycles. The smallest absolute Gasteiger partial charge is 0.264 e. The molecule has 3 N–H and O–H groups in total. The molecule has 0 aromatic rings. The number of rotatable bonds is 8. The van der Waals surface area contributed by atoms with Gasteiger partial charge in [0.15, 0.2) is 0 Å². The van der Waals surface area contributed by atoms with Crippen LogP contribution in [0.4, 0.5) is 0 Å². The fourth-order valence-electron chi connectivity index (χ4n) is 0.390. The van der Waals surface area contributed by atoms with Gasteiger partial charge in [-0.3, -0.25) is 4.55 Å². The molecule has 0 spiro atoms. The third-order valence-corrected chi connectivity index (χ3v) is 1.69. The van der Waals surface area contributed by atoms with Crippen molar-refractivity contribution in [1.82, 2.24) is 4.72 Å². The van der Waals surface area contributed by atoms with Gasteiger partial charge < -0.3 is 0 Å². The van der Waals surface area contributed by atoms with E-state index in [1.807, 2.05) is 0 Å². The highest BCUT2D eigenvalue weighted by Crippen LogP contribution is 1.95. The molecule has 0 amide bonds. The van der Waals surface area contributed by atoms with Crippen LogP contribution in [-0.4, -0.2) is 31.4 Å². The highest BCUT2D eigenvalue weighted by molar-refractivity contribution is 7.92. The Balaban J connectivity index is 3.09. The minimum atomic E-state index is -4.35. The molecular weight excluding hydrogens is 226 g/mol. The van der Waals surface area contributed by atoms with Crippen LogP contribution in [0.3, 0.4) is 0 Å². The zero-order chi connectivity index (χ0) is 10.2. The second-order valence-electron chi connectivity index (χ2n) is 1.72. The van der Waals surface area contributed by atoms with Crippen molar-refractivity contribution in [3.8, 4) is 0 Å². The average Bonchev–Trinajstić information content (AvgIpc) is 2.01. The van der Waals surface area contributed by atoms with Gasteiger partial charge in [0, 0.05) is 6.54 Å². The molecule has 8 nitrogen and oxygen atoms in total. The lowest BCUT2D eigenvalue weighted by atomic mass is 10.5. The molecule has 0 saturated carbocycles. The van der Waals surface area contributed by atoms with E-state index in [0.29, 0.717) is 25.2 Å². The quantitative estimate of drug-likeness (QED) is 0.131. The summed E-state index contributed by atoms with van der Waals surface area (Å²) in [7, 11) is -4.35. The lowest BCUT2D eigenvalue weighted by Crippen LogP contribution is -2.11. The Morgan fingerprint density at radius 1 is 1.46 bits per heavy atom. The SMILES string of the molecule is O=S(=O)(O)OCCCNSOOO. The molecule has 0 heterocycles. The van der Waals surface area contributed by atoms with Crippen LogP contribution in [-0.2, 0) is 24.0 Å². The maximum atomic E-state index is 10.00. The lowest BCUT2D eigenvalue weighted by Gasteiger charge is -2.00. The molecule has 0 fully saturated rings. The van der Waals surface area contributed by atoms with Gasteiger partial charge in [-0.2, -0.15) is 8.42 Å². The molecule has 0 aromatic carbocycles. The van der Waals surface area contributed by atoms with E-state index in [1.165, 1.54) is 0 Å². The normalized spacial score (nSPS) is 11.8. The lowest BCUT2D eigenvalue weighted by molar-refractivity contribution is -0.432. The largest absolute Gasteiger partial charge is 0.397 e. The van der Waals surface area contributed by atoms with Crippen molar-refractivity contribution in [3.63, 3.8) is 0 Å². The standard InChI is InChI=1S/C3H9NO7S2/c5-10-11-12-4-2-1-3-9-13(6,7)8/h4-5H,1-3H2,(H,6,7,8). The summed E-state index contributed by atoms with van der Waals surface area (Å²) in [5, 5.41) is 10.9. The van der Waals surface area contributed by atoms with E-state index in [1.54, 1.807) is 0 Å². The molecule has 0 aliphatic carbocycles. The molecule has 0 radical (unpaired) electrons. The van der Waals surface area contributed by atoms with Gasteiger partial charge in [0.25, 0.3) is 0 Å². The van der Waals surface area contributed by atoms with Gasteiger partial charge in [-0.05, 0) is 6.42 Å². The third kappa shape index (κ3) is 12.1. The van der Waals surface area contributed by atoms with E-state index in [2.05, 4.69) is 18.3 Å². The molecule has 0 aliphatic rings. The Hall–Kier alpha value is 0.0600. The number of nitrogens with one attached hydrogen (secondary N) is 1. The van der Waals surface area contributed by atoms with E-state index in [4.69, 9.17) is 9.81 Å². The van der Waals surface area contributed by atoms with Crippen molar-refractivity contribution >= 4 is 22.6 Å². The summed E-state index contributed by atoms with van der Waals surface area (Å²) >= 11 is 0.621. The first-order valence-corrected chi connectivity index (χ1v) is 5.15. The molecule has 0 atom stereocenters. The van der Waals surface area contributed by atoms with Gasteiger partial charge in [-0.25, -0.2) is 14.2 Å². The first kappa shape index (κ1) is 13.1. The van der Waals surface area contributed by atoms with Crippen LogP contribution in [0.2, 0.25) is 0 Å². The number of hydrogen-bond donors (Lipinski definition) is 3. The van der Waals surface area contributed by atoms with Crippen molar-refractivity contribution in [2.24, 2.45) is 0 Å². The molecular formula is C3H9NO7S2. The van der Waals surface area contributed by atoms with Crippen LogP contribution in [0.1, 0.15) is 6.42 Å². The van der Waals surface area contributed by atoms with Crippen molar-refractivity contribution in [2.75, 3.05) is 13.2 Å². The zero-order valence-electron chi connectivity index (χ0n) is 6.37. The van der Waals surface area contributed by atoms with Crippen LogP contribution in [0.15, 0.2) is 0 Å². The summed E-state index contributed by atoms with van der Waals surface area (Å²) in [5.41, 5.74) is 0. The van der Waals surface area contributed by atoms with Crippen LogP contribution in [0.25, 0.3) is 0 Å². The first-order chi connectivity index (χ1) is 6.06. The van der Waals surface area contributed by atoms with E-state index < -0.39 is 10.4 Å². The maximum Gasteiger partial charge on any atom is 0.397 e. The molecule has 13 heavy (non-hydrogen) atoms. The zero-order valence-corrected chi connectivity index (χ0v) is 8.01. The average molecular weight is 235 g/mol. The minimum absolute atomic E-state index is 0.146. The Morgan fingerprint density at radius 2 is 2.15 bits per heavy atom. The summed E-state index contributed by atoms with van der Waals surface area (Å²) in [6.45, 7) is 0.204. The maximum absolute atomic E-state index is 10.00. The van der Waals surface area contributed by atoms with Crippen molar-refractivity contribution < 1.29 is 31.8 Å². The fourth-order valence-corrected chi connectivity index (χ4v) is 1.02. The third-order valence-electron chi connectivity index (χ3n) is 0.779. The topological polar surface area (TPSA) is 114 Å². The summed E-state index contributed by atoms with van der Waals surface area (Å²) < 4.78 is 38.5. The van der Waals surface area contributed by atoms with Gasteiger partial charge in [0.1, 0.15) is 12.2 Å². The molecule has 0 bridgehead atoms. The Bertz CT molecular complexity index is 204. The molecule has 0 rings (SSSR count). The van der Waals surface area contributed by atoms with Crippen LogP contribution in [0, 0.1) is 0 Å². The van der Waals surface area contributed by atoms with Gasteiger partial charge in [0.05, 0.1) is 6.61 Å². The predicted molar refractivity (Wildman–Crippen MR) is 42.5 cm³/mol. The summed E-state index contributed by atoms with van der Waals surface area (Å²) in [6.07, 6.45) is 0.335. The minimum Gasteiger partial charge on any atom is -0.264 e. The molecule has 0 unspecified atom stereocenters. The van der Waals surface area contributed by atoms with Crippen molar-refractivity contribution in [3.05, 3.63) is 0 Å². The van der Waals surface area contributed by atoms with Gasteiger partial charge >= 0.3 is 10.4 Å². The van der Waals surface area contributed by atoms with E-state index in [-0.39, 0.29) is 6.61 Å². The second kappa shape index (κ2) is 7.46. The summed E-state index contributed by atoms with van der Waals surface area (Å²) in [6, 6.07) is 0. The molecule has 0 aromatic heterocycles. The van der Waals surface area contributed by atoms with E-state index >= 15 is 0 Å². The van der Waals surface area contributed by atoms with Gasteiger partial charge in [-0.15, -0.1) is 4.33 Å². The Labute approximate surface area is 79.3 Å². The molecule has 10 heteroatoms. The fraction of sp³-hybridized carbons (Fsp3) is 1.00. The van der Waals surface area contributed by atoms with Crippen LogP contribution in [0.5, 0.6) is 0 Å². The Kier molecular flexibility index (Phi) is 7.50. The number of hydrogen-bond acceptors (Lipinski definition) is 8. The summed E-state index contributed by atoms with van der Waals surface area (Å²) in [5.74, 6) is 0. The van der Waals surface area contributed by atoms with Crippen LogP contribution < -0.4 is 4.72 Å². The van der Waals surface area contributed by atoms with Crippen molar-refractivity contribution in [1.29, 1.82) is 0 Å². The second-order valence-corrected chi connectivity index (χ2v) is 3.41. The first-order valence-electron chi connectivity index (χ1n) is 3.04. The molecule has 0 saturated heterocycles. The van der Waals surface area contributed by atoms with E-state index in [0.717, 1.165) is 0 Å². The van der Waals surface area contributed by atoms with Crippen molar-refractivity contribution in [2.45, 2.75) is 6.42 Å². The predicted octanol–water partition coefficient (Wildman–Crippen LogP) is -0.230. The summed E-state index contributed by atoms with van der Waals surface area (Å²) in [4.78, 5) is 0. The highest BCUT2D eigenvalue weighted by Gasteiger charge is 2.02. The van der Waals surface area contributed by atoms with E-state index in [9.17, 15) is 8.42 Å².